The molecule has 0 saturated carbocycles. The van der Waals surface area contributed by atoms with Gasteiger partial charge in [0, 0.05) is 56.4 Å². The third kappa shape index (κ3) is 7.32. The number of pyridine rings is 1. The van der Waals surface area contributed by atoms with Crippen molar-refractivity contribution < 1.29 is 14.6 Å². The Labute approximate surface area is 213 Å². The van der Waals surface area contributed by atoms with E-state index in [1.165, 1.54) is 0 Å². The second kappa shape index (κ2) is 11.7. The zero-order valence-electron chi connectivity index (χ0n) is 21.9. The number of likely N-dealkylation sites (N-methyl/N-ethyl adjacent to an activating group) is 2. The van der Waals surface area contributed by atoms with Crippen LogP contribution in [-0.4, -0.2) is 64.9 Å². The van der Waals surface area contributed by atoms with E-state index < -0.39 is 0 Å². The highest BCUT2D eigenvalue weighted by Gasteiger charge is 2.15. The first kappa shape index (κ1) is 26.7. The fourth-order valence-electron chi connectivity index (χ4n) is 3.42. The second-order valence-electron chi connectivity index (χ2n) is 9.43. The molecule has 0 spiro atoms. The lowest BCUT2D eigenvalue weighted by Crippen LogP contribution is -2.33. The lowest BCUT2D eigenvalue weighted by molar-refractivity contribution is 0.0102. The maximum atomic E-state index is 9.56. The van der Waals surface area contributed by atoms with Gasteiger partial charge < -0.3 is 29.7 Å². The summed E-state index contributed by atoms with van der Waals surface area (Å²) in [6.45, 7) is 11.4. The summed E-state index contributed by atoms with van der Waals surface area (Å²) in [6, 6.07) is 11.3. The van der Waals surface area contributed by atoms with Crippen molar-refractivity contribution in [3.05, 3.63) is 66.8 Å². The Kier molecular flexibility index (Phi) is 8.71. The Morgan fingerprint density at radius 1 is 1.08 bits per heavy atom. The minimum absolute atomic E-state index is 0.123. The fourth-order valence-corrected chi connectivity index (χ4v) is 3.42. The molecule has 0 saturated heterocycles. The van der Waals surface area contributed by atoms with Crippen LogP contribution < -0.4 is 15.0 Å². The van der Waals surface area contributed by atoms with E-state index in [0.717, 1.165) is 35.9 Å². The molecule has 3 aromatic rings. The summed E-state index contributed by atoms with van der Waals surface area (Å²) < 4.78 is 11.1. The molecule has 0 fully saturated rings. The maximum absolute atomic E-state index is 9.56. The van der Waals surface area contributed by atoms with Crippen LogP contribution in [0.25, 0.3) is 11.3 Å². The molecule has 192 valence electrons. The molecule has 0 unspecified atom stereocenters. The average Bonchev–Trinajstić information content (AvgIpc) is 2.86. The predicted octanol–water partition coefficient (Wildman–Crippen LogP) is 4.44. The van der Waals surface area contributed by atoms with Gasteiger partial charge in [0.25, 0.3) is 0 Å². The van der Waals surface area contributed by atoms with Gasteiger partial charge in [0.15, 0.2) is 5.88 Å². The van der Waals surface area contributed by atoms with E-state index in [-0.39, 0.29) is 12.2 Å². The van der Waals surface area contributed by atoms with Gasteiger partial charge in [0.1, 0.15) is 17.2 Å². The largest absolute Gasteiger partial charge is 0.496 e. The molecule has 36 heavy (non-hydrogen) atoms. The number of hydrogen-bond donors (Lipinski definition) is 2. The molecule has 0 aliphatic carbocycles. The smallest absolute Gasteiger partial charge is 0.227 e. The highest BCUT2D eigenvalue weighted by atomic mass is 16.5. The lowest BCUT2D eigenvalue weighted by Gasteiger charge is -2.30. The second-order valence-corrected chi connectivity index (χ2v) is 9.43. The number of ether oxygens (including phenoxy) is 2. The molecule has 3 rings (SSSR count). The van der Waals surface area contributed by atoms with Gasteiger partial charge in [-0.1, -0.05) is 0 Å². The van der Waals surface area contributed by atoms with Crippen molar-refractivity contribution in [1.29, 1.82) is 0 Å². The third-order valence-electron chi connectivity index (χ3n) is 5.42. The van der Waals surface area contributed by atoms with E-state index in [4.69, 9.17) is 9.47 Å². The number of nitrogens with zero attached hydrogens (tertiary/aromatic N) is 5. The van der Waals surface area contributed by atoms with E-state index in [1.54, 1.807) is 25.6 Å². The summed E-state index contributed by atoms with van der Waals surface area (Å²) in [5, 5.41) is 12.7. The SMILES string of the molecule is C=C(OC(C)(C)C)N(C)CCN(C)c1ccc(-c2ccnc(Nc3ccc(OC)c(CO)c3)n2)cn1. The monoisotopic (exact) mass is 492 g/mol. The molecule has 2 aromatic heterocycles. The Bertz CT molecular complexity index is 1160. The van der Waals surface area contributed by atoms with Crippen LogP contribution >= 0.6 is 0 Å². The summed E-state index contributed by atoms with van der Waals surface area (Å²) >= 11 is 0. The van der Waals surface area contributed by atoms with Gasteiger partial charge in [-0.15, -0.1) is 0 Å². The van der Waals surface area contributed by atoms with E-state index in [1.807, 2.05) is 70.1 Å². The Balaban J connectivity index is 1.63. The topological polar surface area (TPSA) is 95.9 Å². The lowest BCUT2D eigenvalue weighted by atomic mass is 10.2. The minimum atomic E-state index is -0.276. The Morgan fingerprint density at radius 2 is 1.86 bits per heavy atom. The van der Waals surface area contributed by atoms with E-state index in [2.05, 4.69) is 31.7 Å². The van der Waals surface area contributed by atoms with E-state index >= 15 is 0 Å². The maximum Gasteiger partial charge on any atom is 0.227 e. The predicted molar refractivity (Wildman–Crippen MR) is 143 cm³/mol. The molecule has 1 aromatic carbocycles. The number of anilines is 3. The summed E-state index contributed by atoms with van der Waals surface area (Å²) in [7, 11) is 5.55. The first-order valence-corrected chi connectivity index (χ1v) is 11.7. The van der Waals surface area contributed by atoms with Crippen LogP contribution in [0, 0.1) is 0 Å². The summed E-state index contributed by atoms with van der Waals surface area (Å²) in [5.41, 5.74) is 2.79. The van der Waals surface area contributed by atoms with Crippen LogP contribution in [0.2, 0.25) is 0 Å². The van der Waals surface area contributed by atoms with Gasteiger partial charge in [-0.25, -0.2) is 15.0 Å². The molecule has 0 bridgehead atoms. The highest BCUT2D eigenvalue weighted by Crippen LogP contribution is 2.25. The fraction of sp³-hybridized carbons (Fsp3) is 0.370. The van der Waals surface area contributed by atoms with Crippen LogP contribution in [0.4, 0.5) is 17.5 Å². The van der Waals surface area contributed by atoms with Gasteiger partial charge >= 0.3 is 0 Å². The molecule has 0 aliphatic heterocycles. The highest BCUT2D eigenvalue weighted by molar-refractivity contribution is 5.63. The number of nitrogens with one attached hydrogen (secondary N) is 1. The summed E-state index contributed by atoms with van der Waals surface area (Å²) in [5.74, 6) is 2.58. The number of aromatic nitrogens is 3. The molecule has 9 nitrogen and oxygen atoms in total. The van der Waals surface area contributed by atoms with Crippen molar-refractivity contribution in [2.75, 3.05) is 44.5 Å². The number of benzene rings is 1. The third-order valence-corrected chi connectivity index (χ3v) is 5.42. The molecular formula is C27H36N6O3. The van der Waals surface area contributed by atoms with Crippen molar-refractivity contribution >= 4 is 17.5 Å². The van der Waals surface area contributed by atoms with Gasteiger partial charge in [0.2, 0.25) is 5.95 Å². The zero-order chi connectivity index (χ0) is 26.3. The molecule has 0 amide bonds. The van der Waals surface area contributed by atoms with Crippen LogP contribution in [0.5, 0.6) is 5.75 Å². The Hall–Kier alpha value is -3.85. The summed E-state index contributed by atoms with van der Waals surface area (Å²) in [6.07, 6.45) is 3.50. The van der Waals surface area contributed by atoms with E-state index in [9.17, 15) is 5.11 Å². The van der Waals surface area contributed by atoms with E-state index in [0.29, 0.717) is 23.1 Å². The molecule has 2 heterocycles. The molecular weight excluding hydrogens is 456 g/mol. The van der Waals surface area contributed by atoms with Gasteiger partial charge in [0.05, 0.1) is 19.4 Å². The van der Waals surface area contributed by atoms with Crippen LogP contribution in [0.1, 0.15) is 26.3 Å². The first-order valence-electron chi connectivity index (χ1n) is 11.7. The zero-order valence-corrected chi connectivity index (χ0v) is 21.9. The quantitative estimate of drug-likeness (QED) is 0.377. The van der Waals surface area contributed by atoms with Gasteiger partial charge in [-0.2, -0.15) is 0 Å². The van der Waals surface area contributed by atoms with Crippen LogP contribution in [-0.2, 0) is 11.3 Å². The minimum Gasteiger partial charge on any atom is -0.496 e. The Morgan fingerprint density at radius 3 is 2.50 bits per heavy atom. The number of hydrogen-bond acceptors (Lipinski definition) is 9. The first-order chi connectivity index (χ1) is 17.1. The average molecular weight is 493 g/mol. The molecule has 2 N–H and O–H groups in total. The standard InChI is InChI=1S/C27H36N6O3/c1-19(36-27(2,3)4)32(5)14-15-33(6)25-11-8-20(17-29-25)23-12-13-28-26(31-23)30-22-9-10-24(35-7)21(16-22)18-34/h8-13,16-17,34H,1,14-15,18H2,2-7H3,(H,28,30,31). The number of methoxy groups -OCH3 is 1. The number of aliphatic hydroxyl groups is 1. The molecule has 9 heteroatoms. The van der Waals surface area contributed by atoms with Crippen molar-refractivity contribution in [2.24, 2.45) is 0 Å². The van der Waals surface area contributed by atoms with Crippen molar-refractivity contribution in [3.63, 3.8) is 0 Å². The number of aliphatic hydroxyl groups excluding tert-OH is 1. The normalized spacial score (nSPS) is 11.1. The number of rotatable bonds is 11. The van der Waals surface area contributed by atoms with Crippen molar-refractivity contribution in [3.8, 4) is 17.0 Å². The van der Waals surface area contributed by atoms with Crippen molar-refractivity contribution in [2.45, 2.75) is 33.0 Å². The van der Waals surface area contributed by atoms with Crippen LogP contribution in [0.3, 0.4) is 0 Å². The molecule has 0 aliphatic rings. The van der Waals surface area contributed by atoms with Gasteiger partial charge in [-0.05, 0) is 63.7 Å². The summed E-state index contributed by atoms with van der Waals surface area (Å²) in [4.78, 5) is 17.6. The molecule has 0 atom stereocenters. The van der Waals surface area contributed by atoms with Gasteiger partial charge in [-0.3, -0.25) is 0 Å². The molecule has 0 radical (unpaired) electrons. The van der Waals surface area contributed by atoms with Crippen LogP contribution in [0.15, 0.2) is 61.3 Å². The van der Waals surface area contributed by atoms with Crippen molar-refractivity contribution in [1.82, 2.24) is 19.9 Å².